The van der Waals surface area contributed by atoms with Crippen LogP contribution in [0.15, 0.2) is 12.2 Å². The molecule has 0 aromatic carbocycles. The fourth-order valence-electron chi connectivity index (χ4n) is 1.72. The van der Waals surface area contributed by atoms with Crippen molar-refractivity contribution in [2.75, 3.05) is 6.54 Å². The molecule has 0 bridgehead atoms. The Bertz CT molecular complexity index is 134. The van der Waals surface area contributed by atoms with E-state index in [1.54, 1.807) is 0 Å². The Balaban J connectivity index is 2.04. The highest BCUT2D eigenvalue weighted by molar-refractivity contribution is 5.07. The maximum Gasteiger partial charge on any atom is 0.0218 e. The number of hydrogen-bond donors (Lipinski definition) is 1. The van der Waals surface area contributed by atoms with Gasteiger partial charge in [-0.1, -0.05) is 12.2 Å². The molecule has 0 atom stereocenters. The topological polar surface area (TPSA) is 12.0 Å². The van der Waals surface area contributed by atoms with Gasteiger partial charge in [0, 0.05) is 12.1 Å². The third-order valence-corrected chi connectivity index (χ3v) is 2.58. The maximum absolute atomic E-state index is 3.55. The zero-order valence-electron chi connectivity index (χ0n) is 5.69. The summed E-state index contributed by atoms with van der Waals surface area (Å²) in [6.45, 7) is 1.10. The van der Waals surface area contributed by atoms with Gasteiger partial charge < -0.3 is 5.32 Å². The first kappa shape index (κ1) is 5.48. The van der Waals surface area contributed by atoms with Crippen molar-refractivity contribution in [2.45, 2.75) is 31.2 Å². The van der Waals surface area contributed by atoms with Crippen molar-refractivity contribution in [3.63, 3.8) is 0 Å². The van der Waals surface area contributed by atoms with Crippen LogP contribution in [0.1, 0.15) is 25.7 Å². The lowest BCUT2D eigenvalue weighted by atomic mass is 9.73. The van der Waals surface area contributed by atoms with E-state index in [2.05, 4.69) is 17.5 Å². The van der Waals surface area contributed by atoms with Crippen LogP contribution in [0.2, 0.25) is 0 Å². The normalized spacial score (nSPS) is 30.2. The van der Waals surface area contributed by atoms with Gasteiger partial charge in [0.1, 0.15) is 0 Å². The van der Waals surface area contributed by atoms with Crippen LogP contribution in [0, 0.1) is 0 Å². The average molecular weight is 123 g/mol. The molecule has 1 aliphatic heterocycles. The Hall–Kier alpha value is -0.300. The highest BCUT2D eigenvalue weighted by Crippen LogP contribution is 2.36. The smallest absolute Gasteiger partial charge is 0.0218 e. The second-order valence-electron chi connectivity index (χ2n) is 3.19. The molecule has 0 amide bonds. The van der Waals surface area contributed by atoms with Gasteiger partial charge in [-0.2, -0.15) is 0 Å². The molecular formula is C8H13N. The lowest BCUT2D eigenvalue weighted by Gasteiger charge is -2.43. The van der Waals surface area contributed by atoms with Crippen molar-refractivity contribution >= 4 is 0 Å². The van der Waals surface area contributed by atoms with Crippen LogP contribution in [0.4, 0.5) is 0 Å². The fourth-order valence-corrected chi connectivity index (χ4v) is 1.72. The van der Waals surface area contributed by atoms with Gasteiger partial charge in [0.15, 0.2) is 0 Å². The summed E-state index contributed by atoms with van der Waals surface area (Å²) in [4.78, 5) is 0. The summed E-state index contributed by atoms with van der Waals surface area (Å²) in [5.41, 5.74) is 0.564. The molecule has 1 spiro atoms. The molecule has 2 aliphatic rings. The standard InChI is InChI=1S/C8H13N/c1-2-7-9-8(4-1)5-3-6-8/h1-2,9H,3-7H2. The third kappa shape index (κ3) is 0.799. The lowest BCUT2D eigenvalue weighted by molar-refractivity contribution is 0.188. The van der Waals surface area contributed by atoms with Gasteiger partial charge in [-0.3, -0.25) is 0 Å². The molecule has 0 unspecified atom stereocenters. The molecule has 0 radical (unpaired) electrons. The first-order chi connectivity index (χ1) is 4.41. The van der Waals surface area contributed by atoms with Gasteiger partial charge in [-0.15, -0.1) is 0 Å². The molecule has 2 rings (SSSR count). The predicted octanol–water partition coefficient (Wildman–Crippen LogP) is 1.46. The van der Waals surface area contributed by atoms with Crippen LogP contribution in [0.5, 0.6) is 0 Å². The van der Waals surface area contributed by atoms with Gasteiger partial charge in [0.25, 0.3) is 0 Å². The third-order valence-electron chi connectivity index (χ3n) is 2.58. The van der Waals surface area contributed by atoms with Gasteiger partial charge >= 0.3 is 0 Å². The molecule has 1 heterocycles. The molecule has 0 aromatic heterocycles. The second kappa shape index (κ2) is 1.84. The van der Waals surface area contributed by atoms with E-state index >= 15 is 0 Å². The number of nitrogens with one attached hydrogen (secondary N) is 1. The predicted molar refractivity (Wildman–Crippen MR) is 38.3 cm³/mol. The van der Waals surface area contributed by atoms with E-state index < -0.39 is 0 Å². The molecule has 1 N–H and O–H groups in total. The SMILES string of the molecule is C1=CCC2(CCC2)NC1. The van der Waals surface area contributed by atoms with E-state index in [4.69, 9.17) is 0 Å². The first-order valence-corrected chi connectivity index (χ1v) is 3.81. The number of rotatable bonds is 0. The van der Waals surface area contributed by atoms with E-state index in [0.29, 0.717) is 5.54 Å². The average Bonchev–Trinajstić information content (AvgIpc) is 1.87. The maximum atomic E-state index is 3.55. The summed E-state index contributed by atoms with van der Waals surface area (Å²) in [6, 6.07) is 0. The largest absolute Gasteiger partial charge is 0.307 e. The summed E-state index contributed by atoms with van der Waals surface area (Å²) in [6.07, 6.45) is 10.0. The quantitative estimate of drug-likeness (QED) is 0.481. The van der Waals surface area contributed by atoms with Crippen molar-refractivity contribution in [3.8, 4) is 0 Å². The Morgan fingerprint density at radius 1 is 1.22 bits per heavy atom. The molecule has 1 nitrogen and oxygen atoms in total. The van der Waals surface area contributed by atoms with Crippen molar-refractivity contribution in [1.82, 2.24) is 5.32 Å². The van der Waals surface area contributed by atoms with Crippen LogP contribution in [0.3, 0.4) is 0 Å². The highest BCUT2D eigenvalue weighted by atomic mass is 15.0. The molecular weight excluding hydrogens is 110 g/mol. The second-order valence-corrected chi connectivity index (χ2v) is 3.19. The summed E-state index contributed by atoms with van der Waals surface area (Å²) >= 11 is 0. The van der Waals surface area contributed by atoms with E-state index in [-0.39, 0.29) is 0 Å². The summed E-state index contributed by atoms with van der Waals surface area (Å²) in [7, 11) is 0. The van der Waals surface area contributed by atoms with Crippen LogP contribution >= 0.6 is 0 Å². The Morgan fingerprint density at radius 3 is 2.44 bits per heavy atom. The summed E-state index contributed by atoms with van der Waals surface area (Å²) in [5, 5.41) is 3.55. The Kier molecular flexibility index (Phi) is 1.12. The number of hydrogen-bond acceptors (Lipinski definition) is 1. The summed E-state index contributed by atoms with van der Waals surface area (Å²) < 4.78 is 0. The molecule has 0 saturated heterocycles. The minimum absolute atomic E-state index is 0.564. The van der Waals surface area contributed by atoms with Gasteiger partial charge in [-0.25, -0.2) is 0 Å². The van der Waals surface area contributed by atoms with Crippen LogP contribution in [0.25, 0.3) is 0 Å². The molecule has 1 heteroatoms. The van der Waals surface area contributed by atoms with Crippen molar-refractivity contribution in [1.29, 1.82) is 0 Å². The van der Waals surface area contributed by atoms with Crippen LogP contribution in [-0.4, -0.2) is 12.1 Å². The lowest BCUT2D eigenvalue weighted by Crippen LogP contribution is -2.51. The summed E-state index contributed by atoms with van der Waals surface area (Å²) in [5.74, 6) is 0. The van der Waals surface area contributed by atoms with E-state index in [9.17, 15) is 0 Å². The Morgan fingerprint density at radius 2 is 2.11 bits per heavy atom. The van der Waals surface area contributed by atoms with E-state index in [1.165, 1.54) is 25.7 Å². The zero-order chi connectivity index (χ0) is 6.16. The molecule has 1 aliphatic carbocycles. The molecule has 1 fully saturated rings. The monoisotopic (exact) mass is 123 g/mol. The Labute approximate surface area is 56.1 Å². The molecule has 50 valence electrons. The minimum Gasteiger partial charge on any atom is -0.307 e. The van der Waals surface area contributed by atoms with Gasteiger partial charge in [-0.05, 0) is 25.7 Å². The highest BCUT2D eigenvalue weighted by Gasteiger charge is 2.35. The van der Waals surface area contributed by atoms with E-state index in [0.717, 1.165) is 6.54 Å². The van der Waals surface area contributed by atoms with Crippen LogP contribution in [-0.2, 0) is 0 Å². The first-order valence-electron chi connectivity index (χ1n) is 3.81. The fraction of sp³-hybridized carbons (Fsp3) is 0.750. The van der Waals surface area contributed by atoms with E-state index in [1.807, 2.05) is 0 Å². The van der Waals surface area contributed by atoms with Gasteiger partial charge in [0.2, 0.25) is 0 Å². The molecule has 0 aromatic rings. The minimum atomic E-state index is 0.564. The molecule has 1 saturated carbocycles. The zero-order valence-corrected chi connectivity index (χ0v) is 5.69. The molecule has 9 heavy (non-hydrogen) atoms. The van der Waals surface area contributed by atoms with Crippen LogP contribution < -0.4 is 5.32 Å². The van der Waals surface area contributed by atoms with Crippen molar-refractivity contribution in [3.05, 3.63) is 12.2 Å². The van der Waals surface area contributed by atoms with Crippen molar-refractivity contribution in [2.24, 2.45) is 0 Å². The van der Waals surface area contributed by atoms with Gasteiger partial charge in [0.05, 0.1) is 0 Å². The van der Waals surface area contributed by atoms with Crippen molar-refractivity contribution < 1.29 is 0 Å².